The molecule has 0 radical (unpaired) electrons. The summed E-state index contributed by atoms with van der Waals surface area (Å²) >= 11 is 0. The van der Waals surface area contributed by atoms with Gasteiger partial charge in [0.2, 0.25) is 5.91 Å². The molecule has 0 aliphatic heterocycles. The van der Waals surface area contributed by atoms with E-state index in [0.717, 1.165) is 19.5 Å². The Morgan fingerprint density at radius 1 is 1.26 bits per heavy atom. The fourth-order valence-corrected chi connectivity index (χ4v) is 2.76. The SMILES string of the molecule is CN(CCCN)C(=O)CCN(CCO)C1CCCC1. The Bertz CT molecular complexity index is 255. The Morgan fingerprint density at radius 3 is 2.53 bits per heavy atom. The highest BCUT2D eigenvalue weighted by Crippen LogP contribution is 2.23. The molecule has 1 saturated carbocycles. The average Bonchev–Trinajstić information content (AvgIpc) is 2.94. The summed E-state index contributed by atoms with van der Waals surface area (Å²) in [6, 6.07) is 0.564. The van der Waals surface area contributed by atoms with Crippen LogP contribution in [0.25, 0.3) is 0 Å². The molecule has 0 spiro atoms. The van der Waals surface area contributed by atoms with E-state index in [-0.39, 0.29) is 12.5 Å². The van der Waals surface area contributed by atoms with E-state index in [2.05, 4.69) is 4.90 Å². The molecule has 0 aromatic rings. The van der Waals surface area contributed by atoms with Crippen LogP contribution in [-0.2, 0) is 4.79 Å². The minimum absolute atomic E-state index is 0.174. The number of carbonyl (C=O) groups is 1. The van der Waals surface area contributed by atoms with Crippen molar-refractivity contribution in [1.82, 2.24) is 9.80 Å². The van der Waals surface area contributed by atoms with Crippen molar-refractivity contribution in [3.63, 3.8) is 0 Å². The van der Waals surface area contributed by atoms with E-state index in [1.165, 1.54) is 25.7 Å². The van der Waals surface area contributed by atoms with Gasteiger partial charge >= 0.3 is 0 Å². The first kappa shape index (κ1) is 16.4. The van der Waals surface area contributed by atoms with Gasteiger partial charge in [0.05, 0.1) is 6.61 Å². The van der Waals surface area contributed by atoms with Crippen LogP contribution in [0.2, 0.25) is 0 Å². The first-order valence-electron chi connectivity index (χ1n) is 7.48. The number of hydrogen-bond acceptors (Lipinski definition) is 4. The maximum atomic E-state index is 12.0. The molecule has 5 heteroatoms. The number of hydrogen-bond donors (Lipinski definition) is 2. The molecule has 0 unspecified atom stereocenters. The van der Waals surface area contributed by atoms with E-state index >= 15 is 0 Å². The number of aliphatic hydroxyl groups is 1. The van der Waals surface area contributed by atoms with Gasteiger partial charge in [0.15, 0.2) is 0 Å². The van der Waals surface area contributed by atoms with Gasteiger partial charge in [-0.25, -0.2) is 0 Å². The molecular formula is C14H29N3O2. The molecule has 1 fully saturated rings. The molecule has 112 valence electrons. The summed E-state index contributed by atoms with van der Waals surface area (Å²) in [5.41, 5.74) is 5.45. The summed E-state index contributed by atoms with van der Waals surface area (Å²) in [4.78, 5) is 16.0. The van der Waals surface area contributed by atoms with Gasteiger partial charge in [-0.3, -0.25) is 9.69 Å². The average molecular weight is 271 g/mol. The zero-order chi connectivity index (χ0) is 14.1. The van der Waals surface area contributed by atoms with Crippen LogP contribution in [0.5, 0.6) is 0 Å². The van der Waals surface area contributed by atoms with E-state index in [1.807, 2.05) is 7.05 Å². The van der Waals surface area contributed by atoms with E-state index in [0.29, 0.717) is 25.6 Å². The summed E-state index contributed by atoms with van der Waals surface area (Å²) in [7, 11) is 1.84. The van der Waals surface area contributed by atoms with Gasteiger partial charge < -0.3 is 15.7 Å². The van der Waals surface area contributed by atoms with Crippen molar-refractivity contribution in [2.24, 2.45) is 5.73 Å². The normalized spacial score (nSPS) is 16.2. The van der Waals surface area contributed by atoms with Crippen molar-refractivity contribution in [3.05, 3.63) is 0 Å². The Morgan fingerprint density at radius 2 is 1.95 bits per heavy atom. The molecule has 1 rings (SSSR count). The molecular weight excluding hydrogens is 242 g/mol. The van der Waals surface area contributed by atoms with E-state index in [9.17, 15) is 4.79 Å². The van der Waals surface area contributed by atoms with Crippen molar-refractivity contribution in [2.45, 2.75) is 44.6 Å². The highest BCUT2D eigenvalue weighted by atomic mass is 16.3. The third-order valence-electron chi connectivity index (χ3n) is 3.96. The number of amides is 1. The van der Waals surface area contributed by atoms with Gasteiger partial charge in [0.1, 0.15) is 0 Å². The topological polar surface area (TPSA) is 69.8 Å². The van der Waals surface area contributed by atoms with Crippen molar-refractivity contribution in [2.75, 3.05) is 39.8 Å². The molecule has 0 atom stereocenters. The maximum Gasteiger partial charge on any atom is 0.223 e. The van der Waals surface area contributed by atoms with E-state index in [4.69, 9.17) is 10.8 Å². The molecule has 5 nitrogen and oxygen atoms in total. The molecule has 0 heterocycles. The maximum absolute atomic E-state index is 12.0. The molecule has 1 aliphatic carbocycles. The monoisotopic (exact) mass is 271 g/mol. The lowest BCUT2D eigenvalue weighted by molar-refractivity contribution is -0.130. The van der Waals surface area contributed by atoms with Crippen LogP contribution < -0.4 is 5.73 Å². The van der Waals surface area contributed by atoms with Gasteiger partial charge in [0, 0.05) is 39.1 Å². The van der Waals surface area contributed by atoms with Crippen LogP contribution in [0.1, 0.15) is 38.5 Å². The second-order valence-electron chi connectivity index (χ2n) is 5.41. The highest BCUT2D eigenvalue weighted by molar-refractivity contribution is 5.76. The standard InChI is InChI=1S/C14H29N3O2/c1-16(9-4-8-15)14(19)7-10-17(11-12-18)13-5-2-3-6-13/h13,18H,2-12,15H2,1H3. The summed E-state index contributed by atoms with van der Waals surface area (Å²) in [6.45, 7) is 2.98. The second kappa shape index (κ2) is 9.28. The largest absolute Gasteiger partial charge is 0.395 e. The third-order valence-corrected chi connectivity index (χ3v) is 3.96. The first-order valence-corrected chi connectivity index (χ1v) is 7.48. The summed E-state index contributed by atoms with van der Waals surface area (Å²) in [5, 5.41) is 9.14. The Hall–Kier alpha value is -0.650. The Balaban J connectivity index is 2.31. The summed E-state index contributed by atoms with van der Waals surface area (Å²) in [6.07, 6.45) is 6.35. The zero-order valence-electron chi connectivity index (χ0n) is 12.2. The quantitative estimate of drug-likeness (QED) is 0.638. The van der Waals surface area contributed by atoms with E-state index in [1.54, 1.807) is 4.90 Å². The number of nitrogens with two attached hydrogens (primary N) is 1. The molecule has 1 amide bonds. The van der Waals surface area contributed by atoms with Gasteiger partial charge in [-0.05, 0) is 25.8 Å². The van der Waals surface area contributed by atoms with Crippen LogP contribution in [-0.4, -0.2) is 66.7 Å². The van der Waals surface area contributed by atoms with Crippen LogP contribution in [0, 0.1) is 0 Å². The first-order chi connectivity index (χ1) is 9.19. The fourth-order valence-electron chi connectivity index (χ4n) is 2.76. The van der Waals surface area contributed by atoms with Gasteiger partial charge in [-0.15, -0.1) is 0 Å². The summed E-state index contributed by atoms with van der Waals surface area (Å²) < 4.78 is 0. The molecule has 0 bridgehead atoms. The minimum Gasteiger partial charge on any atom is -0.395 e. The number of rotatable bonds is 9. The third kappa shape index (κ3) is 5.89. The lowest BCUT2D eigenvalue weighted by Crippen LogP contribution is -2.39. The minimum atomic E-state index is 0.174. The zero-order valence-corrected chi connectivity index (χ0v) is 12.2. The van der Waals surface area contributed by atoms with Crippen molar-refractivity contribution >= 4 is 5.91 Å². The van der Waals surface area contributed by atoms with Crippen LogP contribution in [0.15, 0.2) is 0 Å². The number of carbonyl (C=O) groups excluding carboxylic acids is 1. The van der Waals surface area contributed by atoms with Crippen molar-refractivity contribution in [3.8, 4) is 0 Å². The van der Waals surface area contributed by atoms with E-state index < -0.39 is 0 Å². The van der Waals surface area contributed by atoms with Gasteiger partial charge in [0.25, 0.3) is 0 Å². The Kier molecular flexibility index (Phi) is 8.02. The fraction of sp³-hybridized carbons (Fsp3) is 0.929. The molecule has 3 N–H and O–H groups in total. The second-order valence-corrected chi connectivity index (χ2v) is 5.41. The van der Waals surface area contributed by atoms with Gasteiger partial charge in [-0.2, -0.15) is 0 Å². The molecule has 19 heavy (non-hydrogen) atoms. The highest BCUT2D eigenvalue weighted by Gasteiger charge is 2.22. The van der Waals surface area contributed by atoms with Crippen LogP contribution in [0.3, 0.4) is 0 Å². The number of aliphatic hydroxyl groups excluding tert-OH is 1. The smallest absolute Gasteiger partial charge is 0.223 e. The number of nitrogens with zero attached hydrogens (tertiary/aromatic N) is 2. The Labute approximate surface area is 116 Å². The molecule has 1 aliphatic rings. The lowest BCUT2D eigenvalue weighted by Gasteiger charge is -2.28. The predicted molar refractivity (Wildman–Crippen MR) is 76.8 cm³/mol. The van der Waals surface area contributed by atoms with Crippen molar-refractivity contribution in [1.29, 1.82) is 0 Å². The molecule has 0 saturated heterocycles. The van der Waals surface area contributed by atoms with Crippen LogP contribution in [0.4, 0.5) is 0 Å². The lowest BCUT2D eigenvalue weighted by atomic mass is 10.2. The van der Waals surface area contributed by atoms with Gasteiger partial charge in [-0.1, -0.05) is 12.8 Å². The predicted octanol–water partition coefficient (Wildman–Crippen LogP) is 0.421. The van der Waals surface area contributed by atoms with Crippen LogP contribution >= 0.6 is 0 Å². The summed E-state index contributed by atoms with van der Waals surface area (Å²) in [5.74, 6) is 0.175. The molecule has 0 aromatic heterocycles. The molecule has 0 aromatic carbocycles. The van der Waals surface area contributed by atoms with Crippen molar-refractivity contribution < 1.29 is 9.90 Å².